The van der Waals surface area contributed by atoms with Gasteiger partial charge in [0.15, 0.2) is 0 Å². The molecule has 2 nitrogen and oxygen atoms in total. The van der Waals surface area contributed by atoms with Crippen LogP contribution in [0.4, 0.5) is 0 Å². The Bertz CT molecular complexity index is 801. The van der Waals surface area contributed by atoms with E-state index in [1.165, 1.54) is 21.6 Å². The van der Waals surface area contributed by atoms with Gasteiger partial charge in [-0.2, -0.15) is 0 Å². The van der Waals surface area contributed by atoms with Crippen molar-refractivity contribution in [3.05, 3.63) is 44.8 Å². The molecule has 0 saturated carbocycles. The number of hydrogen-bond donors (Lipinski definition) is 0. The predicted octanol–water partition coefficient (Wildman–Crippen LogP) is 2.57. The zero-order valence-corrected chi connectivity index (χ0v) is 14.1. The second-order valence-corrected chi connectivity index (χ2v) is 6.90. The van der Waals surface area contributed by atoms with E-state index in [4.69, 9.17) is 0 Å². The van der Waals surface area contributed by atoms with Crippen LogP contribution >= 0.6 is 0 Å². The molecule has 1 aromatic rings. The summed E-state index contributed by atoms with van der Waals surface area (Å²) in [6.45, 7) is 12.7. The minimum Gasteiger partial charge on any atom is -0.290 e. The molecule has 0 aliphatic heterocycles. The molecule has 0 heterocycles. The Morgan fingerprint density at radius 2 is 1.05 bits per heavy atom. The summed E-state index contributed by atoms with van der Waals surface area (Å²) in [5.41, 5.74) is 6.99. The first-order valence-electron chi connectivity index (χ1n) is 7.81. The van der Waals surface area contributed by atoms with Gasteiger partial charge in [-0.15, -0.1) is 0 Å². The van der Waals surface area contributed by atoms with Crippen LogP contribution in [0.3, 0.4) is 0 Å². The van der Waals surface area contributed by atoms with Crippen molar-refractivity contribution in [3.8, 4) is 0 Å². The molecule has 0 amide bonds. The lowest BCUT2D eigenvalue weighted by Gasteiger charge is -2.34. The molecule has 2 unspecified atom stereocenters. The molecule has 0 aromatic heterocycles. The number of rotatable bonds is 0. The van der Waals surface area contributed by atoms with Crippen LogP contribution < -0.4 is 10.4 Å². The summed E-state index contributed by atoms with van der Waals surface area (Å²) < 4.78 is 0. The molecule has 1 aromatic carbocycles. The fourth-order valence-corrected chi connectivity index (χ4v) is 4.26. The Hall–Kier alpha value is -1.96. The molecule has 0 radical (unpaired) electrons. The van der Waals surface area contributed by atoms with Gasteiger partial charge in [0, 0.05) is 0 Å². The van der Waals surface area contributed by atoms with Crippen LogP contribution in [0.15, 0.2) is 12.2 Å². The fourth-order valence-electron chi connectivity index (χ4n) is 4.26. The molecular formula is C20H22O2. The minimum absolute atomic E-state index is 0.243. The van der Waals surface area contributed by atoms with Crippen molar-refractivity contribution in [3.63, 3.8) is 0 Å². The fraction of sp³-hybridized carbons (Fsp3) is 0.400. The van der Waals surface area contributed by atoms with Crippen molar-refractivity contribution in [2.24, 2.45) is 0 Å². The van der Waals surface area contributed by atoms with Crippen molar-refractivity contribution in [2.75, 3.05) is 0 Å². The highest BCUT2D eigenvalue weighted by atomic mass is 16.2. The minimum atomic E-state index is -0.379. The third kappa shape index (κ3) is 1.73. The van der Waals surface area contributed by atoms with E-state index >= 15 is 0 Å². The average Bonchev–Trinajstić information content (AvgIpc) is 2.45. The van der Waals surface area contributed by atoms with Crippen LogP contribution in [0.5, 0.6) is 0 Å². The normalized spacial score (nSPS) is 22.1. The molecule has 3 aliphatic rings. The standard InChI is InChI=1S/C20H22O2/c1-9(2)15-11(5)17-13-7-8-14(20(22)19(13)21)18(17)12(6)16(15)10(3)4/h7-8,13-14H,1-6H3. The smallest absolute Gasteiger partial charge is 0.210 e. The molecule has 114 valence electrons. The van der Waals surface area contributed by atoms with E-state index < -0.39 is 0 Å². The quantitative estimate of drug-likeness (QED) is 0.544. The lowest BCUT2D eigenvalue weighted by molar-refractivity contribution is -0.138. The first-order chi connectivity index (χ1) is 10.3. The number of hydrogen-bond acceptors (Lipinski definition) is 2. The summed E-state index contributed by atoms with van der Waals surface area (Å²) in [6, 6.07) is 0. The van der Waals surface area contributed by atoms with E-state index in [1.54, 1.807) is 0 Å². The maximum absolute atomic E-state index is 12.3. The highest BCUT2D eigenvalue weighted by molar-refractivity contribution is 6.44. The highest BCUT2D eigenvalue weighted by Crippen LogP contribution is 2.42. The van der Waals surface area contributed by atoms with E-state index in [0.717, 1.165) is 22.3 Å². The number of Topliss-reactive ketones (excluding diaryl/α,β-unsaturated/α-hetero) is 2. The molecule has 0 N–H and O–H groups in total. The average molecular weight is 294 g/mol. The van der Waals surface area contributed by atoms with Crippen LogP contribution in [0.2, 0.25) is 0 Å². The molecule has 0 saturated heterocycles. The van der Waals surface area contributed by atoms with Gasteiger partial charge in [0.2, 0.25) is 11.6 Å². The maximum Gasteiger partial charge on any atom is 0.210 e. The maximum atomic E-state index is 12.3. The third-order valence-electron chi connectivity index (χ3n) is 5.02. The van der Waals surface area contributed by atoms with Gasteiger partial charge in [0.25, 0.3) is 0 Å². The van der Waals surface area contributed by atoms with E-state index in [-0.39, 0.29) is 23.4 Å². The number of fused-ring (bicyclic) bond motifs is 1. The van der Waals surface area contributed by atoms with Gasteiger partial charge in [0.1, 0.15) is 0 Å². The molecule has 3 aliphatic carbocycles. The van der Waals surface area contributed by atoms with Gasteiger partial charge in [-0.3, -0.25) is 9.59 Å². The first kappa shape index (κ1) is 15.0. The lowest BCUT2D eigenvalue weighted by Crippen LogP contribution is -2.43. The van der Waals surface area contributed by atoms with Crippen LogP contribution in [0.25, 0.3) is 11.1 Å². The molecule has 0 fully saturated rings. The molecule has 4 rings (SSSR count). The predicted molar refractivity (Wildman–Crippen MR) is 89.3 cm³/mol. The largest absolute Gasteiger partial charge is 0.290 e. The number of allylic oxidation sites excluding steroid dienone is 2. The van der Waals surface area contributed by atoms with Crippen molar-refractivity contribution in [1.82, 2.24) is 0 Å². The van der Waals surface area contributed by atoms with Gasteiger partial charge >= 0.3 is 0 Å². The van der Waals surface area contributed by atoms with Gasteiger partial charge in [-0.05, 0) is 74.2 Å². The van der Waals surface area contributed by atoms with Gasteiger partial charge in [-0.1, -0.05) is 23.3 Å². The molecule has 22 heavy (non-hydrogen) atoms. The number of ketones is 2. The number of benzene rings is 1. The SMILES string of the molecule is CC(C)=c1c(C)c2c(c(C)c1=C(C)C)C1C=CC2C(=O)C1=O. The van der Waals surface area contributed by atoms with Crippen LogP contribution in [-0.2, 0) is 9.59 Å². The van der Waals surface area contributed by atoms with Crippen LogP contribution in [-0.4, -0.2) is 11.6 Å². The van der Waals surface area contributed by atoms with Gasteiger partial charge in [-0.25, -0.2) is 0 Å². The summed E-state index contributed by atoms with van der Waals surface area (Å²) in [5, 5.41) is 2.50. The zero-order valence-electron chi connectivity index (χ0n) is 14.1. The monoisotopic (exact) mass is 294 g/mol. The zero-order chi connectivity index (χ0) is 16.3. The Balaban J connectivity index is 2.62. The highest BCUT2D eigenvalue weighted by Gasteiger charge is 2.44. The van der Waals surface area contributed by atoms with E-state index in [2.05, 4.69) is 41.5 Å². The summed E-state index contributed by atoms with van der Waals surface area (Å²) in [5.74, 6) is -1.25. The topological polar surface area (TPSA) is 34.1 Å². The molecule has 2 atom stereocenters. The summed E-state index contributed by atoms with van der Waals surface area (Å²) in [6.07, 6.45) is 3.83. The summed E-state index contributed by atoms with van der Waals surface area (Å²) >= 11 is 0. The van der Waals surface area contributed by atoms with Gasteiger partial charge < -0.3 is 0 Å². The van der Waals surface area contributed by atoms with Crippen molar-refractivity contribution in [1.29, 1.82) is 0 Å². The van der Waals surface area contributed by atoms with E-state index in [0.29, 0.717) is 0 Å². The van der Waals surface area contributed by atoms with Crippen molar-refractivity contribution < 1.29 is 9.59 Å². The van der Waals surface area contributed by atoms with Crippen LogP contribution in [0, 0.1) is 13.8 Å². The second kappa shape index (κ2) is 4.77. The Labute approximate surface area is 131 Å². The second-order valence-electron chi connectivity index (χ2n) is 6.90. The molecular weight excluding hydrogens is 272 g/mol. The Morgan fingerprint density at radius 3 is 1.32 bits per heavy atom. The number of carbonyl (C=O) groups is 2. The van der Waals surface area contributed by atoms with E-state index in [1.807, 2.05) is 12.2 Å². The molecule has 2 bridgehead atoms. The first-order valence-corrected chi connectivity index (χ1v) is 7.81. The lowest BCUT2D eigenvalue weighted by atomic mass is 9.66. The molecule has 0 spiro atoms. The Kier molecular flexibility index (Phi) is 3.24. The van der Waals surface area contributed by atoms with Crippen molar-refractivity contribution in [2.45, 2.75) is 53.4 Å². The molecule has 2 heteroatoms. The summed E-state index contributed by atoms with van der Waals surface area (Å²) in [7, 11) is 0. The third-order valence-corrected chi connectivity index (χ3v) is 5.02. The van der Waals surface area contributed by atoms with Crippen LogP contribution in [0.1, 0.15) is 61.8 Å². The van der Waals surface area contributed by atoms with Crippen molar-refractivity contribution >= 4 is 22.7 Å². The van der Waals surface area contributed by atoms with E-state index in [9.17, 15) is 9.59 Å². The summed E-state index contributed by atoms with van der Waals surface area (Å²) in [4.78, 5) is 24.6. The number of carbonyl (C=O) groups excluding carboxylic acids is 2. The van der Waals surface area contributed by atoms with Gasteiger partial charge in [0.05, 0.1) is 11.8 Å². The Morgan fingerprint density at radius 1 is 0.727 bits per heavy atom.